The predicted molar refractivity (Wildman–Crippen MR) is 134 cm³/mol. The van der Waals surface area contributed by atoms with Gasteiger partial charge in [-0.05, 0) is 49.4 Å². The minimum Gasteiger partial charge on any atom is -0.455 e. The number of ether oxygens (including phenoxy) is 1. The Hall–Kier alpha value is -3.98. The van der Waals surface area contributed by atoms with E-state index in [4.69, 9.17) is 9.15 Å². The molecule has 9 heteroatoms. The number of likely N-dealkylation sites (N-methyl/N-ethyl adjacent to an activating group) is 1. The van der Waals surface area contributed by atoms with E-state index in [1.807, 2.05) is 26.1 Å². The molecule has 5 rings (SSSR count). The number of amides is 1. The molecular weight excluding hydrogens is 466 g/mol. The Morgan fingerprint density at radius 3 is 2.58 bits per heavy atom. The molecule has 0 radical (unpaired) electrons. The molecule has 0 fully saturated rings. The number of nitrogens with one attached hydrogen (secondary N) is 2. The first kappa shape index (κ1) is 23.7. The molecule has 186 valence electrons. The third kappa shape index (κ3) is 4.49. The summed E-state index contributed by atoms with van der Waals surface area (Å²) in [6.07, 6.45) is 0.716. The summed E-state index contributed by atoms with van der Waals surface area (Å²) in [6, 6.07) is 12.7. The second-order valence-electron chi connectivity index (χ2n) is 8.82. The Labute approximate surface area is 207 Å². The Morgan fingerprint density at radius 2 is 1.89 bits per heavy atom. The van der Waals surface area contributed by atoms with E-state index in [-0.39, 0.29) is 23.9 Å². The van der Waals surface area contributed by atoms with Gasteiger partial charge in [-0.1, -0.05) is 0 Å². The van der Waals surface area contributed by atoms with Crippen LogP contribution in [-0.2, 0) is 4.74 Å². The van der Waals surface area contributed by atoms with Crippen LogP contribution in [0.2, 0.25) is 0 Å². The van der Waals surface area contributed by atoms with Crippen molar-refractivity contribution in [2.75, 3.05) is 37.4 Å². The number of carbonyl (C=O) groups is 1. The van der Waals surface area contributed by atoms with Crippen molar-refractivity contribution >= 4 is 28.4 Å². The molecule has 2 N–H and O–H groups in total. The van der Waals surface area contributed by atoms with E-state index in [1.165, 1.54) is 24.4 Å². The molecular formula is C27H26F2N4O3. The molecule has 36 heavy (non-hydrogen) atoms. The van der Waals surface area contributed by atoms with Gasteiger partial charge in [0, 0.05) is 55.5 Å². The van der Waals surface area contributed by atoms with Crippen LogP contribution in [0.4, 0.5) is 20.3 Å². The number of anilines is 2. The molecule has 0 bridgehead atoms. The number of furan rings is 1. The number of rotatable bonds is 5. The minimum absolute atomic E-state index is 0.177. The Morgan fingerprint density at radius 1 is 1.14 bits per heavy atom. The molecule has 0 saturated carbocycles. The number of pyridine rings is 1. The molecule has 2 aromatic carbocycles. The molecule has 2 atom stereocenters. The van der Waals surface area contributed by atoms with Crippen LogP contribution in [0.15, 0.2) is 59.1 Å². The van der Waals surface area contributed by atoms with Crippen LogP contribution in [0.1, 0.15) is 28.9 Å². The zero-order chi connectivity index (χ0) is 25.4. The van der Waals surface area contributed by atoms with Crippen LogP contribution in [0.25, 0.3) is 22.3 Å². The van der Waals surface area contributed by atoms with Gasteiger partial charge in [-0.15, -0.1) is 0 Å². The predicted octanol–water partition coefficient (Wildman–Crippen LogP) is 5.14. The largest absolute Gasteiger partial charge is 0.455 e. The van der Waals surface area contributed by atoms with E-state index in [2.05, 4.69) is 20.5 Å². The first-order chi connectivity index (χ1) is 17.3. The lowest BCUT2D eigenvalue weighted by Crippen LogP contribution is -2.34. The van der Waals surface area contributed by atoms with Gasteiger partial charge in [0.1, 0.15) is 28.8 Å². The maximum atomic E-state index is 13.5. The number of fused-ring (bicyclic) bond motifs is 2. The minimum atomic E-state index is -0.391. The maximum Gasteiger partial charge on any atom is 0.255 e. The molecule has 0 saturated heterocycles. The van der Waals surface area contributed by atoms with Crippen LogP contribution in [0.3, 0.4) is 0 Å². The van der Waals surface area contributed by atoms with Gasteiger partial charge in [0.25, 0.3) is 5.91 Å². The van der Waals surface area contributed by atoms with E-state index in [0.29, 0.717) is 46.8 Å². The lowest BCUT2D eigenvalue weighted by Gasteiger charge is -2.23. The highest BCUT2D eigenvalue weighted by atomic mass is 19.1. The van der Waals surface area contributed by atoms with Crippen molar-refractivity contribution in [1.82, 2.24) is 10.3 Å². The van der Waals surface area contributed by atoms with Gasteiger partial charge in [0.05, 0.1) is 24.0 Å². The standard InChI is InChI=1S/C27H26F2N4O3/c1-15-20-10-21-23(36-26(25(21)27(34)30-2)16-4-6-17(28)7-5-16)11-22(20)33(3)14-19(35-15)13-32-24-9-8-18(29)12-31-24/h4-12,15,19H,13-14H2,1-3H3,(H,30,34)(H,31,32)/t15-,19+/m0/s1. The topological polar surface area (TPSA) is 79.6 Å². The number of nitrogens with zero attached hydrogens (tertiary/aromatic N) is 2. The molecule has 0 aliphatic carbocycles. The highest BCUT2D eigenvalue weighted by Crippen LogP contribution is 2.41. The van der Waals surface area contributed by atoms with Crippen LogP contribution in [-0.4, -0.2) is 44.2 Å². The summed E-state index contributed by atoms with van der Waals surface area (Å²) in [5, 5.41) is 6.54. The van der Waals surface area contributed by atoms with Gasteiger partial charge in [-0.3, -0.25) is 4.79 Å². The van der Waals surface area contributed by atoms with E-state index < -0.39 is 5.82 Å². The summed E-state index contributed by atoms with van der Waals surface area (Å²) in [4.78, 5) is 19.0. The molecule has 2 aromatic heterocycles. The fourth-order valence-corrected chi connectivity index (χ4v) is 4.58. The fourth-order valence-electron chi connectivity index (χ4n) is 4.58. The molecule has 7 nitrogen and oxygen atoms in total. The zero-order valence-electron chi connectivity index (χ0n) is 20.1. The molecule has 1 amide bonds. The molecule has 1 aliphatic rings. The molecule has 0 unspecified atom stereocenters. The second-order valence-corrected chi connectivity index (χ2v) is 8.82. The van der Waals surface area contributed by atoms with Gasteiger partial charge >= 0.3 is 0 Å². The number of halogens is 2. The molecule has 1 aliphatic heterocycles. The van der Waals surface area contributed by atoms with Crippen LogP contribution < -0.4 is 15.5 Å². The van der Waals surface area contributed by atoms with E-state index >= 15 is 0 Å². The van der Waals surface area contributed by atoms with Gasteiger partial charge in [0.15, 0.2) is 0 Å². The summed E-state index contributed by atoms with van der Waals surface area (Å²) in [5.74, 6) is -0.0989. The number of hydrogen-bond acceptors (Lipinski definition) is 6. The van der Waals surface area contributed by atoms with Crippen molar-refractivity contribution in [3.63, 3.8) is 0 Å². The second kappa shape index (κ2) is 9.58. The highest BCUT2D eigenvalue weighted by molar-refractivity contribution is 6.11. The van der Waals surface area contributed by atoms with Gasteiger partial charge in [-0.25, -0.2) is 13.8 Å². The normalized spacial score (nSPS) is 17.5. The molecule has 4 aromatic rings. The van der Waals surface area contributed by atoms with E-state index in [0.717, 1.165) is 11.3 Å². The van der Waals surface area contributed by atoms with E-state index in [1.54, 1.807) is 25.2 Å². The first-order valence-electron chi connectivity index (χ1n) is 11.6. The van der Waals surface area contributed by atoms with Gasteiger partial charge in [0.2, 0.25) is 0 Å². The summed E-state index contributed by atoms with van der Waals surface area (Å²) in [5.41, 5.74) is 3.41. The molecule has 3 heterocycles. The van der Waals surface area contributed by atoms with Crippen LogP contribution >= 0.6 is 0 Å². The quantitative estimate of drug-likeness (QED) is 0.402. The van der Waals surface area contributed by atoms with Crippen molar-refractivity contribution in [3.05, 3.63) is 77.5 Å². The van der Waals surface area contributed by atoms with Crippen molar-refractivity contribution in [2.45, 2.75) is 19.1 Å². The lowest BCUT2D eigenvalue weighted by molar-refractivity contribution is 0.0135. The number of benzene rings is 2. The molecule has 0 spiro atoms. The SMILES string of the molecule is CNC(=O)c1c(-c2ccc(F)cc2)oc2cc3c(cc12)[C@H](C)O[C@H](CNc1ccc(F)cn1)CN3C. The Kier molecular flexibility index (Phi) is 6.32. The number of hydrogen-bond donors (Lipinski definition) is 2. The average molecular weight is 493 g/mol. The Bertz CT molecular complexity index is 1400. The summed E-state index contributed by atoms with van der Waals surface area (Å²) >= 11 is 0. The maximum absolute atomic E-state index is 13.5. The summed E-state index contributed by atoms with van der Waals surface area (Å²) < 4.78 is 39.2. The highest BCUT2D eigenvalue weighted by Gasteiger charge is 2.29. The number of aromatic nitrogens is 1. The fraction of sp³-hybridized carbons (Fsp3) is 0.259. The lowest BCUT2D eigenvalue weighted by atomic mass is 10.00. The summed E-state index contributed by atoms with van der Waals surface area (Å²) in [7, 11) is 3.53. The smallest absolute Gasteiger partial charge is 0.255 e. The van der Waals surface area contributed by atoms with Gasteiger partial charge in [-0.2, -0.15) is 0 Å². The zero-order valence-corrected chi connectivity index (χ0v) is 20.1. The monoisotopic (exact) mass is 492 g/mol. The van der Waals surface area contributed by atoms with E-state index in [9.17, 15) is 13.6 Å². The van der Waals surface area contributed by atoms with Crippen molar-refractivity contribution < 1.29 is 22.7 Å². The summed E-state index contributed by atoms with van der Waals surface area (Å²) in [6.45, 7) is 3.04. The third-order valence-corrected chi connectivity index (χ3v) is 6.36. The third-order valence-electron chi connectivity index (χ3n) is 6.36. The first-order valence-corrected chi connectivity index (χ1v) is 11.6. The van der Waals surface area contributed by atoms with Crippen molar-refractivity contribution in [1.29, 1.82) is 0 Å². The van der Waals surface area contributed by atoms with Crippen LogP contribution in [0.5, 0.6) is 0 Å². The van der Waals surface area contributed by atoms with Crippen LogP contribution in [0, 0.1) is 11.6 Å². The Balaban J connectivity index is 1.49. The average Bonchev–Trinajstić information content (AvgIpc) is 3.20. The van der Waals surface area contributed by atoms with Crippen molar-refractivity contribution in [2.24, 2.45) is 0 Å². The van der Waals surface area contributed by atoms with Gasteiger partial charge < -0.3 is 24.7 Å². The number of carbonyl (C=O) groups excluding carboxylic acids is 1. The van der Waals surface area contributed by atoms with Crippen molar-refractivity contribution in [3.8, 4) is 11.3 Å².